The van der Waals surface area contributed by atoms with Crippen LogP contribution in [0, 0.1) is 0 Å². The molecule has 1 aromatic rings. The normalized spacial score (nSPS) is 12.3. The number of nitrogens with two attached hydrogens (primary N) is 8. The molecular formula is C50H109N15O. The first-order valence-electron chi connectivity index (χ1n) is 26.8. The minimum atomic E-state index is 0.323. The Balaban J connectivity index is 3.11. The highest BCUT2D eigenvalue weighted by molar-refractivity contribution is 5.26. The van der Waals surface area contributed by atoms with Gasteiger partial charge in [0.1, 0.15) is 5.75 Å². The molecular weight excluding hydrogens is 827 g/mol. The summed E-state index contributed by atoms with van der Waals surface area (Å²) in [4.78, 5) is 18.4. The second kappa shape index (κ2) is 45.8. The van der Waals surface area contributed by atoms with Gasteiger partial charge in [-0.2, -0.15) is 0 Å². The zero-order chi connectivity index (χ0) is 48.1. The first kappa shape index (κ1) is 62.4. The van der Waals surface area contributed by atoms with Crippen molar-refractivity contribution in [2.45, 2.75) is 96.3 Å². The second-order valence-corrected chi connectivity index (χ2v) is 18.6. The van der Waals surface area contributed by atoms with Gasteiger partial charge >= 0.3 is 0 Å². The topological polar surface area (TPSA) is 251 Å². The van der Waals surface area contributed by atoms with Gasteiger partial charge in [0, 0.05) is 6.54 Å². The van der Waals surface area contributed by atoms with Crippen molar-refractivity contribution in [3.63, 3.8) is 0 Å². The maximum atomic E-state index is 9.97. The highest BCUT2D eigenvalue weighted by Gasteiger charge is 2.15. The summed E-state index contributed by atoms with van der Waals surface area (Å²) in [7, 11) is 0. The maximum Gasteiger partial charge on any atom is 0.115 e. The predicted octanol–water partition coefficient (Wildman–Crippen LogP) is 1.18. The van der Waals surface area contributed by atoms with Gasteiger partial charge in [-0.3, -0.25) is 0 Å². The molecule has 16 heteroatoms. The van der Waals surface area contributed by atoms with Crippen LogP contribution in [0.15, 0.2) is 24.3 Å². The Morgan fingerprint density at radius 3 is 0.591 bits per heavy atom. The Morgan fingerprint density at radius 2 is 0.409 bits per heavy atom. The summed E-state index contributed by atoms with van der Waals surface area (Å²) in [6.45, 7) is 28.3. The van der Waals surface area contributed by atoms with E-state index in [0.29, 0.717) is 5.75 Å². The molecule has 0 unspecified atom stereocenters. The Kier molecular flexibility index (Phi) is 43.4. The van der Waals surface area contributed by atoms with Gasteiger partial charge < -0.3 is 85.3 Å². The summed E-state index contributed by atoms with van der Waals surface area (Å²) in [6.07, 6.45) is 16.1. The smallest absolute Gasteiger partial charge is 0.115 e. The molecule has 0 spiro atoms. The van der Waals surface area contributed by atoms with Gasteiger partial charge in [0.25, 0.3) is 0 Å². The zero-order valence-electron chi connectivity index (χ0n) is 42.6. The SMILES string of the molecule is NCCCN(CCCN)CCCN(CCCN(CCCN)CCCN)CCCN(CCCN(CCCN(CCCN)CCCN)CCCN(CCCN)CCCN)CCc1ccc(O)cc1. The van der Waals surface area contributed by atoms with E-state index in [1.54, 1.807) is 0 Å². The van der Waals surface area contributed by atoms with Crippen molar-refractivity contribution in [1.29, 1.82) is 0 Å². The van der Waals surface area contributed by atoms with Gasteiger partial charge in [0.2, 0.25) is 0 Å². The second-order valence-electron chi connectivity index (χ2n) is 18.6. The molecule has 0 atom stereocenters. The van der Waals surface area contributed by atoms with E-state index < -0.39 is 0 Å². The Labute approximate surface area is 405 Å². The van der Waals surface area contributed by atoms with Crippen molar-refractivity contribution in [3.05, 3.63) is 29.8 Å². The molecule has 0 fully saturated rings. The molecule has 0 saturated heterocycles. The minimum absolute atomic E-state index is 0.323. The Hall–Kier alpha value is -1.58. The molecule has 0 aliphatic heterocycles. The minimum Gasteiger partial charge on any atom is -0.508 e. The number of phenols is 1. The highest BCUT2D eigenvalue weighted by atomic mass is 16.3. The predicted molar refractivity (Wildman–Crippen MR) is 284 cm³/mol. The van der Waals surface area contributed by atoms with Crippen molar-refractivity contribution in [2.24, 2.45) is 45.9 Å². The molecule has 0 radical (unpaired) electrons. The lowest BCUT2D eigenvalue weighted by molar-refractivity contribution is 0.182. The molecule has 0 heterocycles. The summed E-state index contributed by atoms with van der Waals surface area (Å²) < 4.78 is 0. The zero-order valence-corrected chi connectivity index (χ0v) is 42.6. The van der Waals surface area contributed by atoms with Crippen LogP contribution in [0.5, 0.6) is 5.75 Å². The summed E-state index contributed by atoms with van der Waals surface area (Å²) in [5, 5.41) is 9.97. The molecule has 66 heavy (non-hydrogen) atoms. The third kappa shape index (κ3) is 35.5. The molecule has 1 rings (SSSR count). The van der Waals surface area contributed by atoms with E-state index in [1.165, 1.54) is 5.56 Å². The molecule has 0 aliphatic carbocycles. The van der Waals surface area contributed by atoms with Crippen LogP contribution < -0.4 is 45.9 Å². The number of benzene rings is 1. The molecule has 16 nitrogen and oxygen atoms in total. The monoisotopic (exact) mass is 936 g/mol. The number of nitrogens with zero attached hydrogens (tertiary/aromatic N) is 7. The number of hydrogen-bond donors (Lipinski definition) is 9. The van der Waals surface area contributed by atoms with Crippen LogP contribution in [0.1, 0.15) is 95.5 Å². The van der Waals surface area contributed by atoms with Crippen LogP contribution in [0.2, 0.25) is 0 Å². The standard InChI is InChI=1S/C50H109N15O/c51-20-1-28-59(29-2-21-52)36-9-40-63(41-10-37-60(30-3-22-53)31-4-23-54)44-13-46-65(48-19-49-15-17-50(66)18-16-49)47-14-45-64(42-11-38-61(32-5-24-55)33-6-25-56)43-12-39-62(34-7-26-57)35-8-27-58/h15-18,66H,1-14,19-48,51-58H2. The molecule has 0 saturated carbocycles. The fourth-order valence-electron chi connectivity index (χ4n) is 8.92. The van der Waals surface area contributed by atoms with E-state index in [0.717, 1.165) is 286 Å². The van der Waals surface area contributed by atoms with E-state index >= 15 is 0 Å². The number of phenolic OH excluding ortho intramolecular Hbond substituents is 1. The van der Waals surface area contributed by atoms with Crippen LogP contribution in [0.3, 0.4) is 0 Å². The fraction of sp³-hybridized carbons (Fsp3) is 0.880. The Morgan fingerprint density at radius 1 is 0.242 bits per heavy atom. The third-order valence-corrected chi connectivity index (χ3v) is 12.8. The first-order valence-corrected chi connectivity index (χ1v) is 26.8. The van der Waals surface area contributed by atoms with E-state index in [9.17, 15) is 5.11 Å². The Bertz CT molecular complexity index is 996. The van der Waals surface area contributed by atoms with Crippen LogP contribution in [0.4, 0.5) is 0 Å². The number of aromatic hydroxyl groups is 1. The van der Waals surface area contributed by atoms with Gasteiger partial charge in [-0.05, 0) is 297 Å². The van der Waals surface area contributed by atoms with Gasteiger partial charge in [-0.25, -0.2) is 0 Å². The van der Waals surface area contributed by atoms with Crippen LogP contribution in [-0.2, 0) is 6.42 Å². The van der Waals surface area contributed by atoms with Gasteiger partial charge in [-0.15, -0.1) is 0 Å². The van der Waals surface area contributed by atoms with E-state index in [4.69, 9.17) is 45.9 Å². The lowest BCUT2D eigenvalue weighted by Crippen LogP contribution is -2.38. The highest BCUT2D eigenvalue weighted by Crippen LogP contribution is 2.12. The van der Waals surface area contributed by atoms with E-state index in [-0.39, 0.29) is 0 Å². The first-order chi connectivity index (χ1) is 32.3. The molecule has 0 amide bonds. The van der Waals surface area contributed by atoms with E-state index in [1.807, 2.05) is 12.1 Å². The summed E-state index contributed by atoms with van der Waals surface area (Å²) in [5.74, 6) is 0.323. The fourth-order valence-corrected chi connectivity index (χ4v) is 8.92. The molecule has 17 N–H and O–H groups in total. The maximum absolute atomic E-state index is 9.97. The molecule has 0 aliphatic rings. The quantitative estimate of drug-likeness (QED) is 0.0445. The third-order valence-electron chi connectivity index (χ3n) is 12.8. The van der Waals surface area contributed by atoms with Crippen molar-refractivity contribution in [3.8, 4) is 5.75 Å². The lowest BCUT2D eigenvalue weighted by atomic mass is 10.1. The van der Waals surface area contributed by atoms with Gasteiger partial charge in [-0.1, -0.05) is 12.1 Å². The van der Waals surface area contributed by atoms with Gasteiger partial charge in [0.15, 0.2) is 0 Å². The van der Waals surface area contributed by atoms with Crippen molar-refractivity contribution in [2.75, 3.05) is 190 Å². The molecule has 0 bridgehead atoms. The van der Waals surface area contributed by atoms with Crippen molar-refractivity contribution < 1.29 is 5.11 Å². The molecule has 0 aromatic heterocycles. The largest absolute Gasteiger partial charge is 0.508 e. The van der Waals surface area contributed by atoms with E-state index in [2.05, 4.69) is 46.4 Å². The van der Waals surface area contributed by atoms with Crippen LogP contribution >= 0.6 is 0 Å². The van der Waals surface area contributed by atoms with Crippen molar-refractivity contribution in [1.82, 2.24) is 34.3 Å². The summed E-state index contributed by atoms with van der Waals surface area (Å²) in [6, 6.07) is 7.77. The van der Waals surface area contributed by atoms with Crippen LogP contribution in [-0.4, -0.2) is 229 Å². The van der Waals surface area contributed by atoms with Gasteiger partial charge in [0.05, 0.1) is 0 Å². The summed E-state index contributed by atoms with van der Waals surface area (Å²) >= 11 is 0. The summed E-state index contributed by atoms with van der Waals surface area (Å²) in [5.41, 5.74) is 48.5. The number of hydrogen-bond acceptors (Lipinski definition) is 16. The number of rotatable bonds is 51. The molecule has 1 aromatic carbocycles. The average molecular weight is 937 g/mol. The van der Waals surface area contributed by atoms with Crippen LogP contribution in [0.25, 0.3) is 0 Å². The molecule has 390 valence electrons. The average Bonchev–Trinajstić information content (AvgIpc) is 3.33. The lowest BCUT2D eigenvalue weighted by Gasteiger charge is -2.30. The van der Waals surface area contributed by atoms with Crippen molar-refractivity contribution >= 4 is 0 Å².